The largest absolute Gasteiger partial charge is 0.473 e. The van der Waals surface area contributed by atoms with Crippen LogP contribution < -0.4 is 5.73 Å². The highest BCUT2D eigenvalue weighted by Crippen LogP contribution is 2.21. The quantitative estimate of drug-likeness (QED) is 0.428. The Bertz CT molecular complexity index is 514. The van der Waals surface area contributed by atoms with Crippen molar-refractivity contribution in [2.75, 3.05) is 13.2 Å². The van der Waals surface area contributed by atoms with Crippen molar-refractivity contribution in [2.45, 2.75) is 38.4 Å². The smallest absolute Gasteiger partial charge is 0.259 e. The molecule has 0 saturated heterocycles. The number of nitrogens with zero attached hydrogens (tertiary/aromatic N) is 4. The molecule has 2 atom stereocenters. The van der Waals surface area contributed by atoms with Gasteiger partial charge in [0.15, 0.2) is 11.5 Å². The molecule has 0 radical (unpaired) electrons. The van der Waals surface area contributed by atoms with Crippen molar-refractivity contribution < 1.29 is 19.7 Å². The van der Waals surface area contributed by atoms with Gasteiger partial charge in [-0.3, -0.25) is 5.73 Å². The molecule has 2 unspecified atom stereocenters. The van der Waals surface area contributed by atoms with Crippen LogP contribution in [0, 0.1) is 0 Å². The van der Waals surface area contributed by atoms with Crippen molar-refractivity contribution in [3.63, 3.8) is 0 Å². The molecule has 0 aromatic carbocycles. The maximum Gasteiger partial charge on any atom is 0.259 e. The molecule has 4 N–H and O–H groups in total. The molecule has 0 aliphatic carbocycles. The fourth-order valence-electron chi connectivity index (χ4n) is 1.70. The zero-order valence-corrected chi connectivity index (χ0v) is 11.9. The number of rotatable bonds is 6. The van der Waals surface area contributed by atoms with E-state index < -0.39 is 12.1 Å². The molecule has 2 heterocycles. The van der Waals surface area contributed by atoms with Gasteiger partial charge in [-0.2, -0.15) is 4.99 Å². The van der Waals surface area contributed by atoms with Gasteiger partial charge in [0.25, 0.3) is 5.79 Å². The first-order chi connectivity index (χ1) is 9.96. The van der Waals surface area contributed by atoms with Gasteiger partial charge < -0.3 is 19.7 Å². The van der Waals surface area contributed by atoms with Crippen LogP contribution in [0.15, 0.2) is 20.0 Å². The van der Waals surface area contributed by atoms with Crippen molar-refractivity contribution >= 4 is 23.8 Å². The Balaban J connectivity index is 2.21. The molecule has 0 bridgehead atoms. The Morgan fingerprint density at radius 2 is 2.14 bits per heavy atom. The van der Waals surface area contributed by atoms with Gasteiger partial charge in [0, 0.05) is 6.61 Å². The Kier molecular flexibility index (Phi) is 4.78. The molecule has 0 aromatic rings. The third-order valence-corrected chi connectivity index (χ3v) is 2.64. The second kappa shape index (κ2) is 6.39. The molecular formula is C12H19N5O4. The van der Waals surface area contributed by atoms with Crippen LogP contribution in [0.1, 0.15) is 20.3 Å². The summed E-state index contributed by atoms with van der Waals surface area (Å²) in [5.74, 6) is -1.34. The minimum Gasteiger partial charge on any atom is -0.473 e. The highest BCUT2D eigenvalue weighted by molar-refractivity contribution is 6.69. The standard InChI is InChI=1S/C12H19N5O4/c1-7(2)21-10-8-9(15-6-14-8)16-12(13,17-10)11(19)20-5-3-4-18/h6-7,11,18-19H,3-5,13H2,1-2H3. The highest BCUT2D eigenvalue weighted by atomic mass is 16.6. The van der Waals surface area contributed by atoms with Gasteiger partial charge in [0.05, 0.1) is 12.7 Å². The van der Waals surface area contributed by atoms with Crippen LogP contribution in [-0.2, 0) is 9.47 Å². The van der Waals surface area contributed by atoms with E-state index in [0.717, 1.165) is 0 Å². The van der Waals surface area contributed by atoms with Gasteiger partial charge in [-0.05, 0) is 20.3 Å². The Morgan fingerprint density at radius 3 is 2.81 bits per heavy atom. The molecule has 2 rings (SSSR count). The summed E-state index contributed by atoms with van der Waals surface area (Å²) < 4.78 is 10.7. The third kappa shape index (κ3) is 3.50. The number of fused-ring (bicyclic) bond motifs is 1. The zero-order valence-electron chi connectivity index (χ0n) is 11.9. The molecule has 116 valence electrons. The number of nitrogens with two attached hydrogens (primary N) is 1. The molecule has 0 spiro atoms. The Morgan fingerprint density at radius 1 is 1.38 bits per heavy atom. The minimum absolute atomic E-state index is 0.0507. The van der Waals surface area contributed by atoms with E-state index in [4.69, 9.17) is 20.3 Å². The van der Waals surface area contributed by atoms with Gasteiger partial charge in [-0.1, -0.05) is 0 Å². The molecule has 9 nitrogen and oxygen atoms in total. The van der Waals surface area contributed by atoms with E-state index in [1.165, 1.54) is 6.34 Å². The molecule has 2 aliphatic rings. The summed E-state index contributed by atoms with van der Waals surface area (Å²) in [4.78, 5) is 16.2. The maximum absolute atomic E-state index is 10.0. The zero-order chi connectivity index (χ0) is 15.5. The van der Waals surface area contributed by atoms with Crippen molar-refractivity contribution in [2.24, 2.45) is 25.7 Å². The number of ether oxygens (including phenoxy) is 2. The van der Waals surface area contributed by atoms with Crippen LogP contribution in [0.5, 0.6) is 0 Å². The topological polar surface area (TPSA) is 134 Å². The molecule has 2 aliphatic heterocycles. The lowest BCUT2D eigenvalue weighted by molar-refractivity contribution is -0.141. The number of aliphatic hydroxyl groups is 2. The molecule has 0 fully saturated rings. The number of hydrogen-bond acceptors (Lipinski definition) is 9. The summed E-state index contributed by atoms with van der Waals surface area (Å²) in [5, 5.41) is 18.8. The first-order valence-electron chi connectivity index (χ1n) is 6.63. The van der Waals surface area contributed by atoms with Crippen LogP contribution in [0.25, 0.3) is 0 Å². The second-order valence-corrected chi connectivity index (χ2v) is 4.82. The summed E-state index contributed by atoms with van der Waals surface area (Å²) >= 11 is 0. The van der Waals surface area contributed by atoms with Crippen LogP contribution >= 0.6 is 0 Å². The van der Waals surface area contributed by atoms with Crippen LogP contribution in [-0.4, -0.2) is 65.4 Å². The average molecular weight is 297 g/mol. The highest BCUT2D eigenvalue weighted by Gasteiger charge is 2.42. The Labute approximate surface area is 121 Å². The summed E-state index contributed by atoms with van der Waals surface area (Å²) in [6, 6.07) is 0. The SMILES string of the molecule is CC(C)OC1=NC(N)(C(O)OCCCO)N=C2N=CN=C21. The normalized spacial score (nSPS) is 25.3. The van der Waals surface area contributed by atoms with E-state index in [2.05, 4.69) is 20.0 Å². The average Bonchev–Trinajstić information content (AvgIpc) is 2.86. The monoisotopic (exact) mass is 297 g/mol. The van der Waals surface area contributed by atoms with Gasteiger partial charge in [-0.25, -0.2) is 15.0 Å². The maximum atomic E-state index is 10.0. The molecule has 9 heteroatoms. The van der Waals surface area contributed by atoms with E-state index in [1.807, 2.05) is 13.8 Å². The fraction of sp³-hybridized carbons (Fsp3) is 0.667. The predicted octanol–water partition coefficient (Wildman–Crippen LogP) is -0.965. The van der Waals surface area contributed by atoms with Crippen molar-refractivity contribution in [3.8, 4) is 0 Å². The van der Waals surface area contributed by atoms with Crippen LogP contribution in [0.4, 0.5) is 0 Å². The van der Waals surface area contributed by atoms with Gasteiger partial charge in [-0.15, -0.1) is 0 Å². The van der Waals surface area contributed by atoms with E-state index in [0.29, 0.717) is 12.1 Å². The summed E-state index contributed by atoms with van der Waals surface area (Å²) in [6.45, 7) is 3.74. The summed E-state index contributed by atoms with van der Waals surface area (Å²) in [7, 11) is 0. The lowest BCUT2D eigenvalue weighted by Crippen LogP contribution is -2.54. The fourth-order valence-corrected chi connectivity index (χ4v) is 1.70. The van der Waals surface area contributed by atoms with E-state index in [-0.39, 0.29) is 31.1 Å². The summed E-state index contributed by atoms with van der Waals surface area (Å²) in [6.07, 6.45) is 0.0499. The second-order valence-electron chi connectivity index (χ2n) is 4.82. The van der Waals surface area contributed by atoms with E-state index >= 15 is 0 Å². The van der Waals surface area contributed by atoms with Crippen LogP contribution in [0.3, 0.4) is 0 Å². The van der Waals surface area contributed by atoms with Crippen LogP contribution in [0.2, 0.25) is 0 Å². The molecule has 0 saturated carbocycles. The first-order valence-corrected chi connectivity index (χ1v) is 6.63. The van der Waals surface area contributed by atoms with E-state index in [9.17, 15) is 5.11 Å². The number of aliphatic imine (C=N–C) groups is 4. The van der Waals surface area contributed by atoms with Gasteiger partial charge >= 0.3 is 0 Å². The van der Waals surface area contributed by atoms with Gasteiger partial charge in [0.2, 0.25) is 12.2 Å². The number of hydrogen-bond donors (Lipinski definition) is 3. The molecular weight excluding hydrogens is 278 g/mol. The minimum atomic E-state index is -1.75. The van der Waals surface area contributed by atoms with Crippen molar-refractivity contribution in [1.82, 2.24) is 0 Å². The lowest BCUT2D eigenvalue weighted by Gasteiger charge is -2.30. The molecule has 21 heavy (non-hydrogen) atoms. The number of amidine groups is 1. The lowest BCUT2D eigenvalue weighted by atomic mass is 10.2. The predicted molar refractivity (Wildman–Crippen MR) is 77.6 cm³/mol. The molecule has 0 amide bonds. The summed E-state index contributed by atoms with van der Waals surface area (Å²) in [5.41, 5.74) is 6.37. The van der Waals surface area contributed by atoms with Gasteiger partial charge in [0.1, 0.15) is 6.34 Å². The Hall–Kier alpha value is -1.68. The number of aliphatic hydroxyl groups excluding tert-OH is 2. The van der Waals surface area contributed by atoms with Crippen molar-refractivity contribution in [1.29, 1.82) is 0 Å². The third-order valence-electron chi connectivity index (χ3n) is 2.64. The van der Waals surface area contributed by atoms with Crippen molar-refractivity contribution in [3.05, 3.63) is 0 Å². The first kappa shape index (κ1) is 15.7. The van der Waals surface area contributed by atoms with E-state index in [1.54, 1.807) is 0 Å². The molecule has 0 aromatic heterocycles.